The molecule has 0 spiro atoms. The minimum atomic E-state index is -0.776. The monoisotopic (exact) mass is 193 g/mol. The maximum absolute atomic E-state index is 11.1. The molecule has 1 aromatic heterocycles. The lowest BCUT2D eigenvalue weighted by Gasteiger charge is -1.94. The number of aromatic amines is 2. The highest BCUT2D eigenvalue weighted by molar-refractivity contribution is 5.81. The predicted octanol–water partition coefficient (Wildman–Crippen LogP) is -1.18. The standard InChI is InChI=1S/C8H7N3O3/c1-2-3-9-4-5-6(12)10-8(14)11-7(5)13/h1,4H,3H2,(H3,10,11,12,13,14). The lowest BCUT2D eigenvalue weighted by molar-refractivity contribution is 0.447. The van der Waals surface area contributed by atoms with E-state index in [0.717, 1.165) is 6.21 Å². The molecule has 72 valence electrons. The van der Waals surface area contributed by atoms with Crippen LogP contribution in [-0.2, 0) is 0 Å². The molecule has 1 rings (SSSR count). The van der Waals surface area contributed by atoms with Crippen LogP contribution in [0.1, 0.15) is 5.56 Å². The van der Waals surface area contributed by atoms with Crippen LogP contribution in [0.25, 0.3) is 0 Å². The Labute approximate surface area is 78.3 Å². The van der Waals surface area contributed by atoms with Crippen molar-refractivity contribution in [3.63, 3.8) is 0 Å². The summed E-state index contributed by atoms with van der Waals surface area (Å²) in [6.45, 7) is 0.0952. The molecule has 0 aliphatic rings. The molecule has 6 nitrogen and oxygen atoms in total. The van der Waals surface area contributed by atoms with E-state index in [1.807, 2.05) is 9.97 Å². The number of aromatic nitrogens is 2. The van der Waals surface area contributed by atoms with E-state index < -0.39 is 17.1 Å². The molecule has 6 heteroatoms. The van der Waals surface area contributed by atoms with Gasteiger partial charge in [0.1, 0.15) is 5.56 Å². The van der Waals surface area contributed by atoms with Gasteiger partial charge in [-0.15, -0.1) is 6.42 Å². The Morgan fingerprint density at radius 2 is 2.21 bits per heavy atom. The Hall–Kier alpha value is -2.29. The predicted molar refractivity (Wildman–Crippen MR) is 50.6 cm³/mol. The molecule has 0 bridgehead atoms. The fraction of sp³-hybridized carbons (Fsp3) is 0.125. The first kappa shape index (κ1) is 9.80. The molecule has 0 aliphatic carbocycles. The SMILES string of the molecule is C#CCN=Cc1c(O)[nH]c(=O)[nH]c1=O. The third kappa shape index (κ3) is 2.10. The Kier molecular flexibility index (Phi) is 2.86. The van der Waals surface area contributed by atoms with Crippen LogP contribution >= 0.6 is 0 Å². The topological polar surface area (TPSA) is 98.3 Å². The lowest BCUT2D eigenvalue weighted by atomic mass is 10.3. The van der Waals surface area contributed by atoms with Gasteiger partial charge in [0.15, 0.2) is 0 Å². The summed E-state index contributed by atoms with van der Waals surface area (Å²) >= 11 is 0. The van der Waals surface area contributed by atoms with Gasteiger partial charge >= 0.3 is 5.69 Å². The molecule has 0 amide bonds. The second-order valence-corrected chi connectivity index (χ2v) is 2.34. The Balaban J connectivity index is 3.17. The molecule has 0 saturated heterocycles. The van der Waals surface area contributed by atoms with Crippen LogP contribution < -0.4 is 11.2 Å². The second kappa shape index (κ2) is 4.09. The summed E-state index contributed by atoms with van der Waals surface area (Å²) in [6, 6.07) is 0. The van der Waals surface area contributed by atoms with Gasteiger partial charge in [0.25, 0.3) is 5.56 Å². The van der Waals surface area contributed by atoms with E-state index in [9.17, 15) is 9.59 Å². The van der Waals surface area contributed by atoms with Crippen molar-refractivity contribution in [2.75, 3.05) is 6.54 Å². The van der Waals surface area contributed by atoms with E-state index in [1.54, 1.807) is 0 Å². The zero-order valence-electron chi connectivity index (χ0n) is 7.07. The van der Waals surface area contributed by atoms with Crippen molar-refractivity contribution in [2.24, 2.45) is 4.99 Å². The number of hydrogen-bond acceptors (Lipinski definition) is 4. The molecule has 0 aromatic carbocycles. The summed E-state index contributed by atoms with van der Waals surface area (Å²) in [5.41, 5.74) is -1.62. The highest BCUT2D eigenvalue weighted by Gasteiger charge is 2.04. The summed E-state index contributed by atoms with van der Waals surface area (Å²) in [4.78, 5) is 29.3. The molecule has 0 atom stereocenters. The maximum Gasteiger partial charge on any atom is 0.328 e. The molecule has 0 fully saturated rings. The normalized spacial score (nSPS) is 10.2. The van der Waals surface area contributed by atoms with Crippen LogP contribution in [0.4, 0.5) is 0 Å². The maximum atomic E-state index is 11.1. The number of aromatic hydroxyl groups is 1. The summed E-state index contributed by atoms with van der Waals surface area (Å²) < 4.78 is 0. The van der Waals surface area contributed by atoms with Crippen molar-refractivity contribution >= 4 is 6.21 Å². The van der Waals surface area contributed by atoms with Gasteiger partial charge in [-0.05, 0) is 0 Å². The Morgan fingerprint density at radius 3 is 2.79 bits per heavy atom. The first-order chi connectivity index (χ1) is 6.65. The minimum absolute atomic E-state index is 0.0952. The molecule has 0 unspecified atom stereocenters. The van der Waals surface area contributed by atoms with Gasteiger partial charge in [-0.2, -0.15) is 0 Å². The zero-order chi connectivity index (χ0) is 10.6. The minimum Gasteiger partial charge on any atom is -0.494 e. The highest BCUT2D eigenvalue weighted by atomic mass is 16.3. The first-order valence-electron chi connectivity index (χ1n) is 3.64. The van der Waals surface area contributed by atoms with Crippen molar-refractivity contribution in [2.45, 2.75) is 0 Å². The quantitative estimate of drug-likeness (QED) is 0.407. The fourth-order valence-corrected chi connectivity index (χ4v) is 0.794. The van der Waals surface area contributed by atoms with Crippen LogP contribution in [0.3, 0.4) is 0 Å². The largest absolute Gasteiger partial charge is 0.494 e. The smallest absolute Gasteiger partial charge is 0.328 e. The fourth-order valence-electron chi connectivity index (χ4n) is 0.794. The summed E-state index contributed by atoms with van der Waals surface area (Å²) in [5, 5.41) is 9.15. The number of rotatable bonds is 2. The number of H-pyrrole nitrogens is 2. The van der Waals surface area contributed by atoms with Gasteiger partial charge in [0.05, 0.1) is 6.54 Å². The van der Waals surface area contributed by atoms with Crippen molar-refractivity contribution in [3.05, 3.63) is 26.4 Å². The van der Waals surface area contributed by atoms with Crippen LogP contribution in [0, 0.1) is 12.3 Å². The first-order valence-corrected chi connectivity index (χ1v) is 3.64. The van der Waals surface area contributed by atoms with E-state index in [-0.39, 0.29) is 12.1 Å². The number of nitrogens with zero attached hydrogens (tertiary/aromatic N) is 1. The molecule has 14 heavy (non-hydrogen) atoms. The Bertz CT molecular complexity index is 504. The lowest BCUT2D eigenvalue weighted by Crippen LogP contribution is -2.24. The molecular formula is C8H7N3O3. The van der Waals surface area contributed by atoms with E-state index in [0.29, 0.717) is 0 Å². The van der Waals surface area contributed by atoms with E-state index in [1.165, 1.54) is 0 Å². The number of terminal acetylenes is 1. The summed E-state index contributed by atoms with van der Waals surface area (Å²) in [6.07, 6.45) is 6.02. The number of hydrogen-bond donors (Lipinski definition) is 3. The number of nitrogens with one attached hydrogen (secondary N) is 2. The van der Waals surface area contributed by atoms with Crippen LogP contribution in [0.2, 0.25) is 0 Å². The molecule has 0 saturated carbocycles. The van der Waals surface area contributed by atoms with Crippen LogP contribution in [0.15, 0.2) is 14.6 Å². The van der Waals surface area contributed by atoms with Gasteiger partial charge in [-0.3, -0.25) is 19.8 Å². The van der Waals surface area contributed by atoms with Crippen LogP contribution in [-0.4, -0.2) is 27.8 Å². The third-order valence-electron chi connectivity index (χ3n) is 1.36. The molecule has 1 aromatic rings. The van der Waals surface area contributed by atoms with Crippen molar-refractivity contribution < 1.29 is 5.11 Å². The van der Waals surface area contributed by atoms with Gasteiger partial charge in [0.2, 0.25) is 5.88 Å². The molecule has 3 N–H and O–H groups in total. The molecule has 0 radical (unpaired) electrons. The third-order valence-corrected chi connectivity index (χ3v) is 1.36. The van der Waals surface area contributed by atoms with Crippen molar-refractivity contribution in [1.82, 2.24) is 9.97 Å². The van der Waals surface area contributed by atoms with E-state index in [2.05, 4.69) is 10.9 Å². The molecule has 0 aliphatic heterocycles. The average Bonchev–Trinajstić information content (AvgIpc) is 2.09. The second-order valence-electron chi connectivity index (χ2n) is 2.34. The molecule has 1 heterocycles. The van der Waals surface area contributed by atoms with Gasteiger partial charge in [-0.1, -0.05) is 5.92 Å². The molecular weight excluding hydrogens is 186 g/mol. The zero-order valence-corrected chi connectivity index (χ0v) is 7.07. The number of aliphatic imine (C=N–C) groups is 1. The van der Waals surface area contributed by atoms with Crippen LogP contribution in [0.5, 0.6) is 5.88 Å². The average molecular weight is 193 g/mol. The van der Waals surface area contributed by atoms with Crippen molar-refractivity contribution in [1.29, 1.82) is 0 Å². The van der Waals surface area contributed by atoms with Gasteiger partial charge < -0.3 is 5.11 Å². The van der Waals surface area contributed by atoms with Gasteiger partial charge in [-0.25, -0.2) is 4.79 Å². The van der Waals surface area contributed by atoms with E-state index in [4.69, 9.17) is 11.5 Å². The Morgan fingerprint density at radius 1 is 1.50 bits per heavy atom. The highest BCUT2D eigenvalue weighted by Crippen LogP contribution is 2.00. The van der Waals surface area contributed by atoms with Crippen molar-refractivity contribution in [3.8, 4) is 18.2 Å². The van der Waals surface area contributed by atoms with E-state index >= 15 is 0 Å². The summed E-state index contributed by atoms with van der Waals surface area (Å²) in [5.74, 6) is 1.70. The van der Waals surface area contributed by atoms with Gasteiger partial charge in [0, 0.05) is 6.21 Å². The summed E-state index contributed by atoms with van der Waals surface area (Å²) in [7, 11) is 0.